The normalized spacial score (nSPS) is 20.9. The lowest BCUT2D eigenvalue weighted by Gasteiger charge is -2.47. The fourth-order valence-electron chi connectivity index (χ4n) is 11.8. The third kappa shape index (κ3) is 16.1. The first-order valence-electron chi connectivity index (χ1n) is 30.6. The number of hydrogen-bond donors (Lipinski definition) is 4. The Labute approximate surface area is 524 Å². The molecule has 8 rings (SSSR count). The van der Waals surface area contributed by atoms with E-state index in [1.54, 1.807) is 68.7 Å². The summed E-state index contributed by atoms with van der Waals surface area (Å²) >= 11 is 0. The SMILES string of the molecule is CCC[C@H](NC(=O)[C@H](C)N(C)C(=O)OC(C)(C)C)C(=O)N1Cc2ccc(NC(=O)CNC(=O)[C@]3(C)CN(C(=O)CN4C[C@@H](C)N(C(=O)OC(C)(C)C)C[C@@H]4CN4CCOC[C@H]4C)c4cc(Cc5ccc(F)cc5)ccc43)cc2[C@H]1C(=O)Nc1c(F)cccc1F. The lowest BCUT2D eigenvalue weighted by atomic mass is 9.83. The molecule has 90 heavy (non-hydrogen) atoms. The summed E-state index contributed by atoms with van der Waals surface area (Å²) in [5.41, 5.74) is -0.333. The number of likely N-dealkylation sites (N-methyl/N-ethyl adjacent to an activating group) is 1. The van der Waals surface area contributed by atoms with Crippen LogP contribution in [0, 0.1) is 17.5 Å². The Bertz CT molecular complexity index is 3340. The van der Waals surface area contributed by atoms with E-state index in [0.717, 1.165) is 34.2 Å². The summed E-state index contributed by atoms with van der Waals surface area (Å²) < 4.78 is 61.2. The number of nitrogens with zero attached hydrogens (tertiary/aromatic N) is 6. The van der Waals surface area contributed by atoms with Crippen LogP contribution >= 0.6 is 0 Å². The molecule has 2 saturated heterocycles. The number of morpholine rings is 1. The number of fused-ring (bicyclic) bond motifs is 2. The number of piperazine rings is 1. The Morgan fingerprint density at radius 1 is 0.811 bits per heavy atom. The van der Waals surface area contributed by atoms with E-state index in [9.17, 15) is 38.0 Å². The second-order valence-electron chi connectivity index (χ2n) is 26.2. The van der Waals surface area contributed by atoms with Crippen LogP contribution in [0.5, 0.6) is 0 Å². The van der Waals surface area contributed by atoms with Gasteiger partial charge in [-0.05, 0) is 152 Å². The maximum absolute atomic E-state index is 15.1. The topological polar surface area (TPSA) is 232 Å². The van der Waals surface area contributed by atoms with E-state index in [1.165, 1.54) is 43.1 Å². The van der Waals surface area contributed by atoms with Crippen molar-refractivity contribution in [1.29, 1.82) is 0 Å². The van der Waals surface area contributed by atoms with Crippen molar-refractivity contribution < 1.29 is 65.7 Å². The summed E-state index contributed by atoms with van der Waals surface area (Å²) in [4.78, 5) is 123. The molecule has 0 saturated carbocycles. The van der Waals surface area contributed by atoms with Gasteiger partial charge in [-0.1, -0.05) is 49.7 Å². The van der Waals surface area contributed by atoms with Crippen molar-refractivity contribution in [3.05, 3.63) is 124 Å². The molecule has 0 unspecified atom stereocenters. The van der Waals surface area contributed by atoms with Crippen molar-refractivity contribution in [3.8, 4) is 0 Å². The fraction of sp³-hybridized carbons (Fsp3) is 0.515. The Balaban J connectivity index is 1.01. The van der Waals surface area contributed by atoms with Crippen molar-refractivity contribution in [1.82, 2.24) is 35.1 Å². The van der Waals surface area contributed by atoms with Gasteiger partial charge in [-0.15, -0.1) is 0 Å². The molecule has 486 valence electrons. The summed E-state index contributed by atoms with van der Waals surface area (Å²) in [6.07, 6.45) is -0.326. The highest BCUT2D eigenvalue weighted by Gasteiger charge is 2.49. The first-order chi connectivity index (χ1) is 42.3. The van der Waals surface area contributed by atoms with Gasteiger partial charge in [0.15, 0.2) is 0 Å². The van der Waals surface area contributed by atoms with Gasteiger partial charge >= 0.3 is 12.2 Å². The molecule has 7 atom stereocenters. The zero-order valence-electron chi connectivity index (χ0n) is 53.5. The summed E-state index contributed by atoms with van der Waals surface area (Å²) in [6.45, 7) is 21.4. The number of benzene rings is 4. The lowest BCUT2D eigenvalue weighted by molar-refractivity contribution is -0.142. The van der Waals surface area contributed by atoms with Crippen molar-refractivity contribution >= 4 is 64.7 Å². The molecule has 4 aliphatic rings. The number of anilines is 3. The highest BCUT2D eigenvalue weighted by molar-refractivity contribution is 6.05. The third-order valence-electron chi connectivity index (χ3n) is 16.8. The molecular weight excluding hydrogens is 1170 g/mol. The third-order valence-corrected chi connectivity index (χ3v) is 16.8. The van der Waals surface area contributed by atoms with E-state index >= 15 is 13.6 Å². The first kappa shape index (κ1) is 67.8. The van der Waals surface area contributed by atoms with E-state index < -0.39 is 100 Å². The molecule has 0 bridgehead atoms. The van der Waals surface area contributed by atoms with Crippen LogP contribution < -0.4 is 26.2 Å². The van der Waals surface area contributed by atoms with Gasteiger partial charge in [0, 0.05) is 75.8 Å². The fourth-order valence-corrected chi connectivity index (χ4v) is 11.8. The molecule has 4 aromatic rings. The molecule has 4 aliphatic heterocycles. The number of amides is 8. The number of para-hydroxylation sites is 1. The minimum atomic E-state index is -1.55. The Hall–Kier alpha value is -8.09. The molecule has 0 aromatic heterocycles. The van der Waals surface area contributed by atoms with Gasteiger partial charge in [0.2, 0.25) is 29.5 Å². The zero-order chi connectivity index (χ0) is 65.7. The molecule has 0 spiro atoms. The van der Waals surface area contributed by atoms with Gasteiger partial charge in [0.1, 0.15) is 52.5 Å². The van der Waals surface area contributed by atoms with Gasteiger partial charge in [-0.25, -0.2) is 22.8 Å². The Kier molecular flexibility index (Phi) is 21.1. The van der Waals surface area contributed by atoms with Crippen LogP contribution in [0.4, 0.5) is 39.8 Å². The van der Waals surface area contributed by atoms with Crippen molar-refractivity contribution in [2.24, 2.45) is 0 Å². The van der Waals surface area contributed by atoms with E-state index in [-0.39, 0.29) is 67.2 Å². The Morgan fingerprint density at radius 2 is 1.49 bits per heavy atom. The van der Waals surface area contributed by atoms with Crippen molar-refractivity contribution in [3.63, 3.8) is 0 Å². The largest absolute Gasteiger partial charge is 0.444 e. The molecule has 2 fully saturated rings. The van der Waals surface area contributed by atoms with Crippen LogP contribution in [0.25, 0.3) is 0 Å². The van der Waals surface area contributed by atoms with Gasteiger partial charge in [-0.3, -0.25) is 43.5 Å². The summed E-state index contributed by atoms with van der Waals surface area (Å²) in [5, 5.41) is 10.6. The standard InChI is InChI=1S/C66H85F3N10O11/c1-13-15-52(72-58(82)41(4)74(12)62(86)89-64(5,6)7)60(84)78-33-44-21-24-46(30-48(44)57(78)59(83)73-56-50(68)16-14-17-51(56)69)71-54(80)31-70-61(85)66(11)38-79(53-29-43(20-25-49(53)66)28-42-18-22-45(67)23-19-42)55(81)36-76-32-39(2)77(63(87)90-65(8,9)10)35-47(76)34-75-26-27-88-37-40(75)3/h14,16-25,29-30,39-41,47,52,57H,13,15,26-28,31-38H2,1-12H3,(H,70,85)(H,71,80)(H,72,82)(H,73,83)/t39-,40-,41+,47+,52+,57+,66-/m1/s1. The number of halogens is 3. The smallest absolute Gasteiger partial charge is 0.410 e. The molecule has 21 nitrogen and oxygen atoms in total. The minimum absolute atomic E-state index is 0.0583. The predicted molar refractivity (Wildman–Crippen MR) is 332 cm³/mol. The number of rotatable bonds is 18. The maximum atomic E-state index is 15.1. The predicted octanol–water partition coefficient (Wildman–Crippen LogP) is 7.65. The van der Waals surface area contributed by atoms with Gasteiger partial charge in [0.05, 0.1) is 31.7 Å². The average Bonchev–Trinajstić information content (AvgIpc) is 1.63. The molecule has 8 amide bonds. The highest BCUT2D eigenvalue weighted by Crippen LogP contribution is 2.43. The average molecular weight is 1250 g/mol. The van der Waals surface area contributed by atoms with Crippen molar-refractivity contribution in [2.45, 2.75) is 155 Å². The van der Waals surface area contributed by atoms with Crippen LogP contribution in [0.2, 0.25) is 0 Å². The molecular formula is C66H85F3N10O11. The lowest BCUT2D eigenvalue weighted by Crippen LogP contribution is -2.64. The monoisotopic (exact) mass is 1250 g/mol. The van der Waals surface area contributed by atoms with Crippen LogP contribution in [-0.2, 0) is 61.4 Å². The van der Waals surface area contributed by atoms with Gasteiger partial charge in [-0.2, -0.15) is 0 Å². The second-order valence-corrected chi connectivity index (χ2v) is 26.2. The highest BCUT2D eigenvalue weighted by atomic mass is 19.1. The number of nitrogens with one attached hydrogen (secondary N) is 4. The van der Waals surface area contributed by atoms with Crippen LogP contribution in [0.1, 0.15) is 123 Å². The van der Waals surface area contributed by atoms with Crippen LogP contribution in [-0.4, -0.2) is 180 Å². The number of hydrogen-bond acceptors (Lipinski definition) is 13. The molecule has 4 N–H and O–H groups in total. The van der Waals surface area contributed by atoms with E-state index in [4.69, 9.17) is 14.2 Å². The number of carbonyl (C=O) groups excluding carboxylic acids is 8. The van der Waals surface area contributed by atoms with Gasteiger partial charge < -0.3 is 50.2 Å². The number of carbonyl (C=O) groups is 8. The molecule has 24 heteroatoms. The number of ether oxygens (including phenoxy) is 3. The summed E-state index contributed by atoms with van der Waals surface area (Å²) in [6, 6.07) is 14.8. The molecule has 0 radical (unpaired) electrons. The van der Waals surface area contributed by atoms with Gasteiger partial charge in [0.25, 0.3) is 5.91 Å². The second kappa shape index (κ2) is 28.0. The van der Waals surface area contributed by atoms with E-state index in [0.29, 0.717) is 69.0 Å². The van der Waals surface area contributed by atoms with Crippen molar-refractivity contribution in [2.75, 3.05) is 81.6 Å². The quantitative estimate of drug-likeness (QED) is 0.0751. The zero-order valence-corrected chi connectivity index (χ0v) is 53.5. The molecule has 4 aromatic carbocycles. The maximum Gasteiger partial charge on any atom is 0.410 e. The Morgan fingerprint density at radius 3 is 2.14 bits per heavy atom. The summed E-state index contributed by atoms with van der Waals surface area (Å²) in [7, 11) is 1.38. The van der Waals surface area contributed by atoms with Crippen LogP contribution in [0.15, 0.2) is 78.9 Å². The summed E-state index contributed by atoms with van der Waals surface area (Å²) in [5.74, 6) is -6.50. The minimum Gasteiger partial charge on any atom is -0.444 e. The first-order valence-corrected chi connectivity index (χ1v) is 30.6. The van der Waals surface area contributed by atoms with Crippen LogP contribution in [0.3, 0.4) is 0 Å². The molecule has 4 heterocycles. The van der Waals surface area contributed by atoms with E-state index in [1.807, 2.05) is 39.8 Å². The molecule has 0 aliphatic carbocycles. The van der Waals surface area contributed by atoms with E-state index in [2.05, 4.69) is 38.0 Å².